The summed E-state index contributed by atoms with van der Waals surface area (Å²) < 4.78 is 5.17. The Bertz CT molecular complexity index is 880. The summed E-state index contributed by atoms with van der Waals surface area (Å²) in [5, 5.41) is 12.5. The van der Waals surface area contributed by atoms with Gasteiger partial charge in [0.25, 0.3) is 5.91 Å². The average molecular weight is 367 g/mol. The number of amides is 2. The van der Waals surface area contributed by atoms with Crippen LogP contribution in [-0.4, -0.2) is 17.6 Å². The van der Waals surface area contributed by atoms with E-state index in [1.54, 1.807) is 12.1 Å². The molecule has 1 saturated heterocycles. The number of rotatable bonds is 5. The molecule has 0 bridgehead atoms. The van der Waals surface area contributed by atoms with Crippen LogP contribution in [0.25, 0.3) is 0 Å². The van der Waals surface area contributed by atoms with Gasteiger partial charge >= 0.3 is 0 Å². The number of carbonyl (C=O) groups excluding carboxylic acids is 2. The van der Waals surface area contributed by atoms with E-state index in [1.165, 1.54) is 22.9 Å². The van der Waals surface area contributed by atoms with Crippen molar-refractivity contribution in [2.75, 3.05) is 10.7 Å². The highest BCUT2D eigenvalue weighted by atomic mass is 32.2. The molecule has 1 aromatic carbocycles. The summed E-state index contributed by atoms with van der Waals surface area (Å²) in [6.07, 6.45) is 2.41. The Labute approximate surface area is 155 Å². The average Bonchev–Trinajstić information content (AvgIpc) is 3.31. The first-order valence-corrected chi connectivity index (χ1v) is 9.12. The predicted octanol–water partition coefficient (Wildman–Crippen LogP) is 2.97. The van der Waals surface area contributed by atoms with E-state index in [9.17, 15) is 14.9 Å². The Balaban J connectivity index is 1.87. The second-order valence-electron chi connectivity index (χ2n) is 5.59. The molecule has 0 atom stereocenters. The van der Waals surface area contributed by atoms with E-state index in [4.69, 9.17) is 4.42 Å². The number of hydrogen-bond acceptors (Lipinski definition) is 5. The second kappa shape index (κ2) is 7.93. The van der Waals surface area contributed by atoms with Gasteiger partial charge in [0.15, 0.2) is 0 Å². The standard InChI is InChI=1S/C19H17N3O3S/c1-2-13-5-7-14(8-6-13)22-17(23)12-26-19(22)16(10-20)18(24)21-11-15-4-3-9-25-15/h3-9H,2,11-12H2,1H3,(H,21,24)/b19-16-. The summed E-state index contributed by atoms with van der Waals surface area (Å²) in [6.45, 7) is 2.22. The molecular formula is C19H17N3O3S. The van der Waals surface area contributed by atoms with Crippen molar-refractivity contribution < 1.29 is 14.0 Å². The molecule has 0 radical (unpaired) electrons. The van der Waals surface area contributed by atoms with Crippen molar-refractivity contribution in [2.24, 2.45) is 0 Å². The Morgan fingerprint density at radius 2 is 2.12 bits per heavy atom. The molecule has 2 aromatic rings. The molecule has 26 heavy (non-hydrogen) atoms. The van der Waals surface area contributed by atoms with Crippen molar-refractivity contribution in [3.05, 3.63) is 64.6 Å². The zero-order valence-electron chi connectivity index (χ0n) is 14.2. The smallest absolute Gasteiger partial charge is 0.265 e. The Morgan fingerprint density at radius 3 is 2.73 bits per heavy atom. The van der Waals surface area contributed by atoms with Crippen LogP contribution in [0.3, 0.4) is 0 Å². The maximum atomic E-state index is 12.5. The zero-order chi connectivity index (χ0) is 18.5. The number of hydrogen-bond donors (Lipinski definition) is 1. The molecule has 0 aliphatic carbocycles. The van der Waals surface area contributed by atoms with Gasteiger partial charge in [-0.15, -0.1) is 0 Å². The quantitative estimate of drug-likeness (QED) is 0.648. The van der Waals surface area contributed by atoms with Gasteiger partial charge in [-0.2, -0.15) is 5.26 Å². The number of nitrogens with zero attached hydrogens (tertiary/aromatic N) is 2. The molecule has 0 saturated carbocycles. The van der Waals surface area contributed by atoms with E-state index in [0.29, 0.717) is 16.5 Å². The molecule has 0 unspecified atom stereocenters. The van der Waals surface area contributed by atoms with Crippen LogP contribution in [0.4, 0.5) is 5.69 Å². The van der Waals surface area contributed by atoms with Crippen LogP contribution in [0.1, 0.15) is 18.2 Å². The van der Waals surface area contributed by atoms with Gasteiger partial charge in [0.1, 0.15) is 22.4 Å². The van der Waals surface area contributed by atoms with Crippen LogP contribution in [-0.2, 0) is 22.6 Å². The number of nitrogens with one attached hydrogen (secondary N) is 1. The van der Waals surface area contributed by atoms with Crippen molar-refractivity contribution in [1.29, 1.82) is 5.26 Å². The summed E-state index contributed by atoms with van der Waals surface area (Å²) in [5.74, 6) is 0.0986. The first-order valence-electron chi connectivity index (χ1n) is 8.13. The molecule has 132 valence electrons. The number of nitriles is 1. The van der Waals surface area contributed by atoms with E-state index >= 15 is 0 Å². The van der Waals surface area contributed by atoms with Gasteiger partial charge in [-0.1, -0.05) is 30.8 Å². The molecule has 2 heterocycles. The van der Waals surface area contributed by atoms with E-state index in [0.717, 1.165) is 12.0 Å². The molecule has 2 amide bonds. The maximum absolute atomic E-state index is 12.5. The Kier molecular flexibility index (Phi) is 5.44. The zero-order valence-corrected chi connectivity index (χ0v) is 15.0. The molecule has 0 spiro atoms. The van der Waals surface area contributed by atoms with Crippen LogP contribution in [0.5, 0.6) is 0 Å². The summed E-state index contributed by atoms with van der Waals surface area (Å²) >= 11 is 1.20. The molecule has 3 rings (SSSR count). The topological polar surface area (TPSA) is 86.3 Å². The van der Waals surface area contributed by atoms with Gasteiger partial charge in [-0.3, -0.25) is 14.5 Å². The molecule has 1 fully saturated rings. The molecule has 1 aliphatic heterocycles. The molecule has 1 aromatic heterocycles. The molecule has 6 nitrogen and oxygen atoms in total. The fourth-order valence-electron chi connectivity index (χ4n) is 2.56. The number of carbonyl (C=O) groups is 2. The summed E-state index contributed by atoms with van der Waals surface area (Å²) in [5.41, 5.74) is 1.72. The lowest BCUT2D eigenvalue weighted by Gasteiger charge is -2.18. The van der Waals surface area contributed by atoms with E-state index in [1.807, 2.05) is 37.3 Å². The van der Waals surface area contributed by atoms with Crippen LogP contribution in [0.15, 0.2) is 57.7 Å². The van der Waals surface area contributed by atoms with Crippen molar-refractivity contribution in [1.82, 2.24) is 5.32 Å². The first-order chi connectivity index (χ1) is 12.6. The number of benzene rings is 1. The molecule has 1 aliphatic rings. The second-order valence-corrected chi connectivity index (χ2v) is 6.56. The SMILES string of the molecule is CCc1ccc(N2C(=O)CS/C2=C(/C#N)C(=O)NCc2ccco2)cc1. The normalized spacial score (nSPS) is 15.7. The molecular weight excluding hydrogens is 350 g/mol. The van der Waals surface area contributed by atoms with E-state index in [2.05, 4.69) is 5.32 Å². The minimum atomic E-state index is -0.531. The highest BCUT2D eigenvalue weighted by molar-refractivity contribution is 8.04. The van der Waals surface area contributed by atoms with E-state index < -0.39 is 5.91 Å². The van der Waals surface area contributed by atoms with Crippen LogP contribution >= 0.6 is 11.8 Å². The van der Waals surface area contributed by atoms with Gasteiger partial charge in [-0.05, 0) is 36.2 Å². The van der Waals surface area contributed by atoms with Crippen molar-refractivity contribution in [2.45, 2.75) is 19.9 Å². The van der Waals surface area contributed by atoms with Gasteiger partial charge in [0.05, 0.1) is 18.6 Å². The third-order valence-electron chi connectivity index (χ3n) is 3.94. The third-order valence-corrected chi connectivity index (χ3v) is 5.00. The van der Waals surface area contributed by atoms with Crippen LogP contribution in [0, 0.1) is 11.3 Å². The number of aryl methyl sites for hydroxylation is 1. The molecule has 7 heteroatoms. The van der Waals surface area contributed by atoms with Crippen molar-refractivity contribution in [3.63, 3.8) is 0 Å². The fraction of sp³-hybridized carbons (Fsp3) is 0.211. The van der Waals surface area contributed by atoms with Crippen molar-refractivity contribution in [3.8, 4) is 6.07 Å². The first kappa shape index (κ1) is 17.8. The molecule has 1 N–H and O–H groups in total. The van der Waals surface area contributed by atoms with Gasteiger partial charge in [0.2, 0.25) is 5.91 Å². The summed E-state index contributed by atoms with van der Waals surface area (Å²) in [6, 6.07) is 12.9. The van der Waals surface area contributed by atoms with Gasteiger partial charge in [0, 0.05) is 5.69 Å². The fourth-order valence-corrected chi connectivity index (χ4v) is 3.57. The maximum Gasteiger partial charge on any atom is 0.265 e. The van der Waals surface area contributed by atoms with Crippen molar-refractivity contribution >= 4 is 29.3 Å². The summed E-state index contributed by atoms with van der Waals surface area (Å²) in [7, 11) is 0. The Morgan fingerprint density at radius 1 is 1.35 bits per heavy atom. The lowest BCUT2D eigenvalue weighted by atomic mass is 10.1. The van der Waals surface area contributed by atoms with Crippen LogP contribution < -0.4 is 10.2 Å². The lowest BCUT2D eigenvalue weighted by Crippen LogP contribution is -2.29. The third kappa shape index (κ3) is 3.65. The lowest BCUT2D eigenvalue weighted by molar-refractivity contribution is -0.117. The predicted molar refractivity (Wildman–Crippen MR) is 99.0 cm³/mol. The highest BCUT2D eigenvalue weighted by Crippen LogP contribution is 2.36. The minimum Gasteiger partial charge on any atom is -0.467 e. The minimum absolute atomic E-state index is 0.0769. The summed E-state index contributed by atoms with van der Waals surface area (Å²) in [4.78, 5) is 26.2. The Hall–Kier alpha value is -2.98. The highest BCUT2D eigenvalue weighted by Gasteiger charge is 2.33. The number of anilines is 1. The largest absolute Gasteiger partial charge is 0.467 e. The van der Waals surface area contributed by atoms with Gasteiger partial charge < -0.3 is 9.73 Å². The van der Waals surface area contributed by atoms with Gasteiger partial charge in [-0.25, -0.2) is 0 Å². The van der Waals surface area contributed by atoms with Crippen LogP contribution in [0.2, 0.25) is 0 Å². The number of thioether (sulfide) groups is 1. The number of furan rings is 1. The van der Waals surface area contributed by atoms with E-state index in [-0.39, 0.29) is 23.8 Å². The monoisotopic (exact) mass is 367 g/mol.